The minimum Gasteiger partial charge on any atom is -0.352 e. The maximum atomic E-state index is 12.2. The number of rotatable bonds is 9. The van der Waals surface area contributed by atoms with Gasteiger partial charge >= 0.3 is 0 Å². The molecule has 1 amide bonds. The Balaban J connectivity index is 1.73. The van der Waals surface area contributed by atoms with Crippen molar-refractivity contribution in [1.29, 1.82) is 0 Å². The number of nitrogens with one attached hydrogen (secondary N) is 1. The van der Waals surface area contributed by atoms with Gasteiger partial charge in [-0.1, -0.05) is 61.3 Å². The van der Waals surface area contributed by atoms with Crippen LogP contribution in [0, 0.1) is 5.92 Å². The largest absolute Gasteiger partial charge is 0.352 e. The van der Waals surface area contributed by atoms with Crippen molar-refractivity contribution in [2.75, 3.05) is 18.0 Å². The molecule has 3 rings (SSSR count). The number of carbonyl (C=O) groups excluding carboxylic acids is 1. The molecule has 0 atom stereocenters. The summed E-state index contributed by atoms with van der Waals surface area (Å²) in [5.41, 5.74) is 3.53. The summed E-state index contributed by atoms with van der Waals surface area (Å²) >= 11 is 13.7. The number of carbonyl (C=O) groups is 1. The maximum Gasteiger partial charge on any atom is 0.251 e. The monoisotopic (exact) mass is 473 g/mol. The number of benzene rings is 2. The first-order valence-corrected chi connectivity index (χ1v) is 11.6. The van der Waals surface area contributed by atoms with Crippen molar-refractivity contribution in [3.05, 3.63) is 81.7 Å². The molecule has 0 bridgehead atoms. The van der Waals surface area contributed by atoms with Gasteiger partial charge in [0, 0.05) is 36.1 Å². The highest BCUT2D eigenvalue weighted by atomic mass is 35.5. The average molecular weight is 474 g/mol. The van der Waals surface area contributed by atoms with Gasteiger partial charge in [0.2, 0.25) is 0 Å². The molecular formula is C24H25Cl2N3OS. The zero-order valence-electron chi connectivity index (χ0n) is 17.6. The van der Waals surface area contributed by atoms with E-state index in [1.54, 1.807) is 17.4 Å². The number of nitrogens with zero attached hydrogens (tertiary/aromatic N) is 2. The molecule has 2 aromatic carbocycles. The van der Waals surface area contributed by atoms with E-state index in [1.165, 1.54) is 0 Å². The fourth-order valence-corrected chi connectivity index (χ4v) is 4.09. The Labute approximate surface area is 197 Å². The van der Waals surface area contributed by atoms with Gasteiger partial charge in [-0.25, -0.2) is 4.98 Å². The third-order valence-electron chi connectivity index (χ3n) is 4.59. The van der Waals surface area contributed by atoms with Crippen LogP contribution in [0.15, 0.2) is 60.5 Å². The lowest BCUT2D eigenvalue weighted by atomic mass is 10.1. The molecule has 0 radical (unpaired) electrons. The third kappa shape index (κ3) is 6.33. The topological polar surface area (TPSA) is 45.2 Å². The second kappa shape index (κ2) is 10.8. The predicted octanol–water partition coefficient (Wildman–Crippen LogP) is 6.70. The number of aromatic nitrogens is 1. The van der Waals surface area contributed by atoms with E-state index < -0.39 is 0 Å². The molecule has 7 heteroatoms. The Morgan fingerprint density at radius 1 is 1.19 bits per heavy atom. The SMILES string of the molecule is C=CCN(Cc1ccc(C(=O)NCC(C)C)cc1)c1nc(-c2ccc(Cl)c(Cl)c2)cs1. The van der Waals surface area contributed by atoms with Crippen molar-refractivity contribution in [2.45, 2.75) is 20.4 Å². The van der Waals surface area contributed by atoms with Crippen molar-refractivity contribution in [1.82, 2.24) is 10.3 Å². The maximum absolute atomic E-state index is 12.2. The van der Waals surface area contributed by atoms with Crippen molar-refractivity contribution in [3.8, 4) is 11.3 Å². The van der Waals surface area contributed by atoms with E-state index in [1.807, 2.05) is 47.9 Å². The van der Waals surface area contributed by atoms with Crippen LogP contribution >= 0.6 is 34.5 Å². The van der Waals surface area contributed by atoms with Gasteiger partial charge < -0.3 is 10.2 Å². The van der Waals surface area contributed by atoms with Crippen molar-refractivity contribution < 1.29 is 4.79 Å². The number of hydrogen-bond donors (Lipinski definition) is 1. The first-order valence-electron chi connectivity index (χ1n) is 10.0. The second-order valence-corrected chi connectivity index (χ2v) is 9.27. The van der Waals surface area contributed by atoms with Gasteiger partial charge in [-0.05, 0) is 35.7 Å². The smallest absolute Gasteiger partial charge is 0.251 e. The molecule has 162 valence electrons. The summed E-state index contributed by atoms with van der Waals surface area (Å²) in [7, 11) is 0. The summed E-state index contributed by atoms with van der Waals surface area (Å²) in [6.07, 6.45) is 1.86. The van der Waals surface area contributed by atoms with E-state index >= 15 is 0 Å². The predicted molar refractivity (Wildman–Crippen MR) is 132 cm³/mol. The molecule has 0 aliphatic carbocycles. The Hall–Kier alpha value is -2.34. The molecule has 1 aromatic heterocycles. The van der Waals surface area contributed by atoms with Gasteiger partial charge in [0.05, 0.1) is 15.7 Å². The molecule has 0 saturated heterocycles. The zero-order chi connectivity index (χ0) is 22.4. The van der Waals surface area contributed by atoms with Crippen molar-refractivity contribution >= 4 is 45.6 Å². The molecule has 0 saturated carbocycles. The molecule has 0 unspecified atom stereocenters. The molecule has 1 heterocycles. The lowest BCUT2D eigenvalue weighted by Gasteiger charge is -2.20. The highest BCUT2D eigenvalue weighted by molar-refractivity contribution is 7.14. The van der Waals surface area contributed by atoms with Gasteiger partial charge in [-0.2, -0.15) is 0 Å². The molecule has 0 spiro atoms. The normalized spacial score (nSPS) is 10.9. The lowest BCUT2D eigenvalue weighted by Crippen LogP contribution is -2.27. The molecule has 31 heavy (non-hydrogen) atoms. The van der Waals surface area contributed by atoms with Gasteiger partial charge in [0.1, 0.15) is 0 Å². The van der Waals surface area contributed by atoms with Crippen LogP contribution in [0.4, 0.5) is 5.13 Å². The Morgan fingerprint density at radius 2 is 1.94 bits per heavy atom. The highest BCUT2D eigenvalue weighted by Crippen LogP contribution is 2.32. The third-order valence-corrected chi connectivity index (χ3v) is 6.23. The van der Waals surface area contributed by atoms with Crippen LogP contribution in [-0.2, 0) is 6.54 Å². The van der Waals surface area contributed by atoms with Crippen LogP contribution in [0.2, 0.25) is 10.0 Å². The highest BCUT2D eigenvalue weighted by Gasteiger charge is 2.13. The summed E-state index contributed by atoms with van der Waals surface area (Å²) in [5, 5.41) is 6.87. The standard InChI is InChI=1S/C24H25Cl2N3OS/c1-4-11-29(14-17-5-7-18(8-6-17)23(30)27-13-16(2)3)24-28-22(15-31-24)19-9-10-20(25)21(26)12-19/h4-10,12,15-16H,1,11,13-14H2,2-3H3,(H,27,30). The number of amides is 1. The molecule has 0 aliphatic rings. The van der Waals surface area contributed by atoms with Gasteiger partial charge in [-0.15, -0.1) is 17.9 Å². The summed E-state index contributed by atoms with van der Waals surface area (Å²) in [5.74, 6) is 0.372. The summed E-state index contributed by atoms with van der Waals surface area (Å²) in [6, 6.07) is 13.2. The Bertz CT molecular complexity index is 1050. The summed E-state index contributed by atoms with van der Waals surface area (Å²) in [4.78, 5) is 19.2. The molecule has 0 aliphatic heterocycles. The number of anilines is 1. The van der Waals surface area contributed by atoms with Gasteiger partial charge in [-0.3, -0.25) is 4.79 Å². The van der Waals surface area contributed by atoms with Crippen LogP contribution < -0.4 is 10.2 Å². The summed E-state index contributed by atoms with van der Waals surface area (Å²) < 4.78 is 0. The van der Waals surface area contributed by atoms with Crippen molar-refractivity contribution in [2.24, 2.45) is 5.92 Å². The zero-order valence-corrected chi connectivity index (χ0v) is 19.9. The average Bonchev–Trinajstić information content (AvgIpc) is 3.24. The number of halogens is 2. The number of thiazole rings is 1. The molecule has 0 fully saturated rings. The lowest BCUT2D eigenvalue weighted by molar-refractivity contribution is 0.0949. The molecule has 3 aromatic rings. The van der Waals surface area contributed by atoms with E-state index in [9.17, 15) is 4.79 Å². The van der Waals surface area contributed by atoms with E-state index in [-0.39, 0.29) is 5.91 Å². The van der Waals surface area contributed by atoms with Crippen molar-refractivity contribution in [3.63, 3.8) is 0 Å². The van der Waals surface area contributed by atoms with Crippen LogP contribution in [-0.4, -0.2) is 24.0 Å². The fraction of sp³-hybridized carbons (Fsp3) is 0.250. The van der Waals surface area contributed by atoms with E-state index in [2.05, 4.69) is 30.6 Å². The van der Waals surface area contributed by atoms with Gasteiger partial charge in [0.25, 0.3) is 5.91 Å². The Morgan fingerprint density at radius 3 is 2.58 bits per heavy atom. The first-order chi connectivity index (χ1) is 14.9. The van der Waals surface area contributed by atoms with Gasteiger partial charge in [0.15, 0.2) is 5.13 Å². The molecule has 4 nitrogen and oxygen atoms in total. The number of hydrogen-bond acceptors (Lipinski definition) is 4. The molecule has 1 N–H and O–H groups in total. The minimum absolute atomic E-state index is 0.0469. The second-order valence-electron chi connectivity index (χ2n) is 7.61. The molecular weight excluding hydrogens is 449 g/mol. The fourth-order valence-electron chi connectivity index (χ4n) is 2.94. The Kier molecular flexibility index (Phi) is 8.13. The quantitative estimate of drug-likeness (QED) is 0.351. The van der Waals surface area contributed by atoms with Crippen LogP contribution in [0.1, 0.15) is 29.8 Å². The van der Waals surface area contributed by atoms with Crippen LogP contribution in [0.5, 0.6) is 0 Å². The van der Waals surface area contributed by atoms with E-state index in [4.69, 9.17) is 28.2 Å². The van der Waals surface area contributed by atoms with E-state index in [0.29, 0.717) is 41.2 Å². The van der Waals surface area contributed by atoms with Crippen LogP contribution in [0.3, 0.4) is 0 Å². The minimum atomic E-state index is -0.0469. The van der Waals surface area contributed by atoms with Crippen LogP contribution in [0.25, 0.3) is 11.3 Å². The first kappa shape index (κ1) is 23.3. The summed E-state index contributed by atoms with van der Waals surface area (Å²) in [6.45, 7) is 10.0. The van der Waals surface area contributed by atoms with E-state index in [0.717, 1.165) is 22.0 Å².